The first-order valence-electron chi connectivity index (χ1n) is 15.6. The summed E-state index contributed by atoms with van der Waals surface area (Å²) in [5.74, 6) is 0. The largest absolute Gasteiger partial charge is 0.0836 e. The molecule has 2 rings (SSSR count). The van der Waals surface area contributed by atoms with E-state index in [9.17, 15) is 0 Å². The van der Waals surface area contributed by atoms with Crippen LogP contribution in [0.25, 0.3) is 0 Å². The lowest BCUT2D eigenvalue weighted by atomic mass is 9.72. The lowest BCUT2D eigenvalue weighted by molar-refractivity contribution is 0.377. The molecule has 0 heteroatoms. The summed E-state index contributed by atoms with van der Waals surface area (Å²) in [6.45, 7) is 22.9. The van der Waals surface area contributed by atoms with Crippen LogP contribution in [-0.4, -0.2) is 0 Å². The Hall–Kier alpha value is -2.60. The van der Waals surface area contributed by atoms with Crippen molar-refractivity contribution in [1.29, 1.82) is 0 Å². The maximum atomic E-state index is 2.38. The summed E-state index contributed by atoms with van der Waals surface area (Å²) in [6.07, 6.45) is 36.8. The van der Waals surface area contributed by atoms with Gasteiger partial charge < -0.3 is 0 Å². The van der Waals surface area contributed by atoms with E-state index in [1.54, 1.807) is 16.7 Å². The van der Waals surface area contributed by atoms with E-state index in [4.69, 9.17) is 0 Å². The molecule has 0 atom stereocenters. The van der Waals surface area contributed by atoms with Crippen molar-refractivity contribution < 1.29 is 0 Å². The molecular formula is C40H58. The van der Waals surface area contributed by atoms with Crippen LogP contribution in [0.15, 0.2) is 117 Å². The Morgan fingerprint density at radius 2 is 1.43 bits per heavy atom. The van der Waals surface area contributed by atoms with Gasteiger partial charge in [-0.05, 0) is 104 Å². The third-order valence-corrected chi connectivity index (χ3v) is 8.63. The second-order valence-electron chi connectivity index (χ2n) is 13.5. The Labute approximate surface area is 248 Å². The predicted octanol–water partition coefficient (Wildman–Crippen LogP) is 12.8. The second kappa shape index (κ2) is 16.0. The molecule has 0 bridgehead atoms. The lowest BCUT2D eigenvalue weighted by Gasteiger charge is -2.32. The van der Waals surface area contributed by atoms with Crippen molar-refractivity contribution in [2.24, 2.45) is 10.8 Å². The number of unbranched alkanes of at least 4 members (excludes halogenated alkanes) is 1. The zero-order valence-electron chi connectivity index (χ0n) is 27.6. The minimum absolute atomic E-state index is 0.205. The van der Waals surface area contributed by atoms with Gasteiger partial charge >= 0.3 is 0 Å². The lowest BCUT2D eigenvalue weighted by Crippen LogP contribution is -2.19. The van der Waals surface area contributed by atoms with Gasteiger partial charge in [-0.3, -0.25) is 0 Å². The first-order valence-corrected chi connectivity index (χ1v) is 15.6. The summed E-state index contributed by atoms with van der Waals surface area (Å²) >= 11 is 0. The van der Waals surface area contributed by atoms with Crippen LogP contribution < -0.4 is 0 Å². The second-order valence-corrected chi connectivity index (χ2v) is 13.5. The van der Waals surface area contributed by atoms with Crippen LogP contribution in [0, 0.1) is 10.8 Å². The maximum absolute atomic E-state index is 2.38. The molecule has 0 spiro atoms. The van der Waals surface area contributed by atoms with E-state index in [1.807, 2.05) is 0 Å². The molecular weight excluding hydrogens is 480 g/mol. The van der Waals surface area contributed by atoms with Crippen LogP contribution in [0.3, 0.4) is 0 Å². The minimum Gasteiger partial charge on any atom is -0.0836 e. The quantitative estimate of drug-likeness (QED) is 0.132. The van der Waals surface area contributed by atoms with Crippen molar-refractivity contribution >= 4 is 0 Å². The highest BCUT2D eigenvalue weighted by atomic mass is 14.3. The van der Waals surface area contributed by atoms with Gasteiger partial charge in [-0.2, -0.15) is 0 Å². The maximum Gasteiger partial charge on any atom is 0.00371 e. The molecule has 0 aliphatic heterocycles. The average molecular weight is 539 g/mol. The Morgan fingerprint density at radius 3 is 2.02 bits per heavy atom. The van der Waals surface area contributed by atoms with E-state index in [-0.39, 0.29) is 5.41 Å². The molecule has 0 saturated carbocycles. The average Bonchev–Trinajstić information content (AvgIpc) is 2.85. The van der Waals surface area contributed by atoms with Crippen LogP contribution in [0.1, 0.15) is 121 Å². The van der Waals surface area contributed by atoms with E-state index in [1.165, 1.54) is 47.1 Å². The topological polar surface area (TPSA) is 0 Å². The molecule has 0 aromatic carbocycles. The molecule has 0 heterocycles. The molecule has 0 radical (unpaired) electrons. The first-order chi connectivity index (χ1) is 18.8. The summed E-state index contributed by atoms with van der Waals surface area (Å²) in [4.78, 5) is 0. The molecule has 2 aliphatic rings. The number of rotatable bonds is 12. The summed E-state index contributed by atoms with van der Waals surface area (Å²) in [7, 11) is 0. The molecule has 218 valence electrons. The van der Waals surface area contributed by atoms with Gasteiger partial charge in [-0.15, -0.1) is 0 Å². The fourth-order valence-electron chi connectivity index (χ4n) is 6.00. The van der Waals surface area contributed by atoms with Gasteiger partial charge in [-0.25, -0.2) is 0 Å². The van der Waals surface area contributed by atoms with Crippen LogP contribution >= 0.6 is 0 Å². The van der Waals surface area contributed by atoms with E-state index < -0.39 is 0 Å². The van der Waals surface area contributed by atoms with Crippen molar-refractivity contribution in [3.8, 4) is 0 Å². The highest BCUT2D eigenvalue weighted by molar-refractivity contribution is 5.37. The molecule has 0 unspecified atom stereocenters. The minimum atomic E-state index is 0.205. The van der Waals surface area contributed by atoms with E-state index in [0.29, 0.717) is 5.41 Å². The Bertz CT molecular complexity index is 1170. The summed E-state index contributed by atoms with van der Waals surface area (Å²) in [5, 5.41) is 0. The smallest absolute Gasteiger partial charge is 0.00371 e. The standard InChI is InChI=1S/C40H58/c1-31(19-13-21-33(3)25-27-37-35(5)23-15-29-39(37,7)8)17-11-12-18-32(2)20-14-22-34(4)26-28-38-36(6)24-16-30-40(38,9)10/h13-15,17-22,26,28-29H,11-12,16,23-25,27,30H2,1-10H3/b19-13+,20-14+,28-26+,31-17+,32-18+,33-21+,34-22+. The third-order valence-electron chi connectivity index (χ3n) is 8.63. The molecule has 0 N–H and O–H groups in total. The Balaban J connectivity index is 1.78. The molecule has 0 nitrogen and oxygen atoms in total. The first kappa shape index (κ1) is 33.6. The van der Waals surface area contributed by atoms with Gasteiger partial charge in [0.2, 0.25) is 0 Å². The summed E-state index contributed by atoms with van der Waals surface area (Å²) < 4.78 is 0. The summed E-state index contributed by atoms with van der Waals surface area (Å²) in [5.41, 5.74) is 12.2. The highest BCUT2D eigenvalue weighted by Crippen LogP contribution is 2.41. The normalized spacial score (nSPS) is 21.1. The van der Waals surface area contributed by atoms with Crippen molar-refractivity contribution in [1.82, 2.24) is 0 Å². The third kappa shape index (κ3) is 11.5. The van der Waals surface area contributed by atoms with Crippen LogP contribution in [0.5, 0.6) is 0 Å². The molecule has 0 saturated heterocycles. The van der Waals surface area contributed by atoms with E-state index in [0.717, 1.165) is 32.1 Å². The van der Waals surface area contributed by atoms with Crippen molar-refractivity contribution in [2.75, 3.05) is 0 Å². The zero-order chi connectivity index (χ0) is 29.8. The molecule has 0 amide bonds. The molecule has 0 fully saturated rings. The summed E-state index contributed by atoms with van der Waals surface area (Å²) in [6, 6.07) is 0. The Morgan fingerprint density at radius 1 is 0.800 bits per heavy atom. The fraction of sp³-hybridized carbons (Fsp3) is 0.500. The van der Waals surface area contributed by atoms with Crippen LogP contribution in [0.4, 0.5) is 0 Å². The SMILES string of the molecule is CC1=C(CC/C(C)=C/C=C/C(C)=C/CC/C=C(C)/C=C/C=C(C)/C=C/C2=C(C)CCCC2(C)C)C(C)(C)C=CC1. The molecule has 0 aromatic heterocycles. The van der Waals surface area contributed by atoms with Gasteiger partial charge in [0, 0.05) is 5.41 Å². The molecule has 0 aromatic rings. The van der Waals surface area contributed by atoms with Gasteiger partial charge in [0.05, 0.1) is 0 Å². The van der Waals surface area contributed by atoms with Gasteiger partial charge in [0.1, 0.15) is 0 Å². The molecule has 40 heavy (non-hydrogen) atoms. The Kier molecular flexibility index (Phi) is 13.4. The monoisotopic (exact) mass is 538 g/mol. The van der Waals surface area contributed by atoms with Crippen molar-refractivity contribution in [2.45, 2.75) is 121 Å². The van der Waals surface area contributed by atoms with Gasteiger partial charge in [0.25, 0.3) is 0 Å². The van der Waals surface area contributed by atoms with Crippen molar-refractivity contribution in [3.63, 3.8) is 0 Å². The highest BCUT2D eigenvalue weighted by Gasteiger charge is 2.26. The van der Waals surface area contributed by atoms with Crippen LogP contribution in [0.2, 0.25) is 0 Å². The predicted molar refractivity (Wildman–Crippen MR) is 181 cm³/mol. The number of allylic oxidation sites excluding steroid dienone is 20. The van der Waals surface area contributed by atoms with Gasteiger partial charge in [0.15, 0.2) is 0 Å². The zero-order valence-corrected chi connectivity index (χ0v) is 27.6. The van der Waals surface area contributed by atoms with Gasteiger partial charge in [-0.1, -0.05) is 140 Å². The number of hydrogen-bond acceptors (Lipinski definition) is 0. The van der Waals surface area contributed by atoms with Crippen LogP contribution in [-0.2, 0) is 0 Å². The van der Waals surface area contributed by atoms with Crippen molar-refractivity contribution in [3.05, 3.63) is 117 Å². The molecule has 2 aliphatic carbocycles. The number of hydrogen-bond donors (Lipinski definition) is 0. The van der Waals surface area contributed by atoms with E-state index in [2.05, 4.69) is 142 Å². The van der Waals surface area contributed by atoms with E-state index >= 15 is 0 Å². The fourth-order valence-corrected chi connectivity index (χ4v) is 6.00.